The Hall–Kier alpha value is -0.690. The fourth-order valence-corrected chi connectivity index (χ4v) is 2.12. The van der Waals surface area contributed by atoms with Crippen LogP contribution in [0.15, 0.2) is 0 Å². The van der Waals surface area contributed by atoms with Crippen molar-refractivity contribution in [1.29, 1.82) is 0 Å². The zero-order valence-electron chi connectivity index (χ0n) is 10.3. The van der Waals surface area contributed by atoms with Crippen LogP contribution in [0.3, 0.4) is 0 Å². The first-order chi connectivity index (χ1) is 7.88. The summed E-state index contributed by atoms with van der Waals surface area (Å²) in [5.41, 5.74) is 0. The van der Waals surface area contributed by atoms with Gasteiger partial charge in [0.15, 0.2) is 0 Å². The van der Waals surface area contributed by atoms with E-state index in [1.54, 1.807) is 0 Å². The molecule has 100 valence electrons. The number of ether oxygens (including phenoxy) is 1. The number of rotatable bonds is 3. The molecule has 1 aliphatic rings. The lowest BCUT2D eigenvalue weighted by molar-refractivity contribution is -0.204. The molecule has 0 aromatic rings. The third-order valence-electron chi connectivity index (χ3n) is 2.99. The Labute approximate surface area is 101 Å². The quantitative estimate of drug-likeness (QED) is 0.493. The fourth-order valence-electron chi connectivity index (χ4n) is 2.12. The second kappa shape index (κ2) is 5.77. The van der Waals surface area contributed by atoms with Crippen molar-refractivity contribution < 1.29 is 24.9 Å². The molecule has 1 aliphatic heterocycles. The van der Waals surface area contributed by atoms with Gasteiger partial charge in [-0.1, -0.05) is 13.8 Å². The van der Waals surface area contributed by atoms with E-state index >= 15 is 0 Å². The average Bonchev–Trinajstić information content (AvgIpc) is 2.24. The summed E-state index contributed by atoms with van der Waals surface area (Å²) in [5.74, 6) is -0.249. The molecule has 5 atom stereocenters. The van der Waals surface area contributed by atoms with Crippen LogP contribution in [0.2, 0.25) is 0 Å². The van der Waals surface area contributed by atoms with Gasteiger partial charge in [-0.2, -0.15) is 0 Å². The number of carbonyl (C=O) groups excluding carboxylic acids is 1. The topological polar surface area (TPSA) is 99.0 Å². The van der Waals surface area contributed by atoms with Crippen LogP contribution < -0.4 is 5.32 Å². The number of aliphatic hydroxyl groups excluding tert-OH is 3. The van der Waals surface area contributed by atoms with E-state index in [2.05, 4.69) is 5.32 Å². The summed E-state index contributed by atoms with van der Waals surface area (Å²) in [6.07, 6.45) is -3.60. The van der Waals surface area contributed by atoms with E-state index in [4.69, 9.17) is 9.84 Å². The van der Waals surface area contributed by atoms with Crippen LogP contribution in [0.25, 0.3) is 0 Å². The molecule has 0 radical (unpaired) electrons. The van der Waals surface area contributed by atoms with E-state index in [0.717, 1.165) is 0 Å². The minimum atomic E-state index is -1.20. The molecule has 4 N–H and O–H groups in total. The molecule has 0 aromatic heterocycles. The Balaban J connectivity index is 2.86. The first kappa shape index (κ1) is 14.4. The van der Waals surface area contributed by atoms with Gasteiger partial charge in [0.25, 0.3) is 0 Å². The van der Waals surface area contributed by atoms with E-state index in [1.807, 2.05) is 13.8 Å². The van der Waals surface area contributed by atoms with E-state index < -0.39 is 30.5 Å². The molecule has 1 amide bonds. The summed E-state index contributed by atoms with van der Waals surface area (Å²) in [7, 11) is 0. The van der Waals surface area contributed by atoms with Crippen molar-refractivity contribution in [2.24, 2.45) is 5.92 Å². The molecular weight excluding hydrogens is 226 g/mol. The summed E-state index contributed by atoms with van der Waals surface area (Å²) in [5, 5.41) is 31.3. The molecule has 17 heavy (non-hydrogen) atoms. The molecule has 6 heteroatoms. The molecule has 1 heterocycles. The molecule has 6 nitrogen and oxygen atoms in total. The lowest BCUT2D eigenvalue weighted by Crippen LogP contribution is -2.65. The van der Waals surface area contributed by atoms with Gasteiger partial charge in [0.1, 0.15) is 18.3 Å². The maximum Gasteiger partial charge on any atom is 0.217 e. The third-order valence-corrected chi connectivity index (χ3v) is 2.99. The number of carbonyl (C=O) groups is 1. The lowest BCUT2D eigenvalue weighted by Gasteiger charge is -2.44. The Kier molecular flexibility index (Phi) is 4.88. The minimum Gasteiger partial charge on any atom is -0.394 e. The van der Waals surface area contributed by atoms with Crippen molar-refractivity contribution in [2.45, 2.75) is 51.2 Å². The maximum absolute atomic E-state index is 11.1. The fraction of sp³-hybridized carbons (Fsp3) is 0.909. The predicted molar refractivity (Wildman–Crippen MR) is 60.2 cm³/mol. The molecule has 1 saturated heterocycles. The van der Waals surface area contributed by atoms with Crippen molar-refractivity contribution in [3.8, 4) is 0 Å². The van der Waals surface area contributed by atoms with Gasteiger partial charge in [-0.3, -0.25) is 4.79 Å². The molecular formula is C11H21NO5. The van der Waals surface area contributed by atoms with Crippen molar-refractivity contribution in [1.82, 2.24) is 5.32 Å². The number of hydrogen-bond donors (Lipinski definition) is 4. The molecule has 0 aromatic carbocycles. The van der Waals surface area contributed by atoms with E-state index in [-0.39, 0.29) is 18.4 Å². The molecule has 0 aliphatic carbocycles. The van der Waals surface area contributed by atoms with Crippen molar-refractivity contribution in [2.75, 3.05) is 6.61 Å². The molecule has 0 bridgehead atoms. The van der Waals surface area contributed by atoms with Crippen molar-refractivity contribution >= 4 is 5.91 Å². The number of nitrogens with one attached hydrogen (secondary N) is 1. The van der Waals surface area contributed by atoms with Crippen LogP contribution in [-0.4, -0.2) is 58.3 Å². The highest BCUT2D eigenvalue weighted by molar-refractivity contribution is 5.73. The van der Waals surface area contributed by atoms with Crippen LogP contribution in [0.5, 0.6) is 0 Å². The highest BCUT2D eigenvalue weighted by Gasteiger charge is 2.45. The second-order valence-electron chi connectivity index (χ2n) is 4.77. The molecule has 2 unspecified atom stereocenters. The van der Waals surface area contributed by atoms with Gasteiger partial charge in [-0.05, 0) is 5.92 Å². The van der Waals surface area contributed by atoms with Gasteiger partial charge < -0.3 is 25.4 Å². The lowest BCUT2D eigenvalue weighted by atomic mass is 9.87. The molecule has 1 fully saturated rings. The second-order valence-corrected chi connectivity index (χ2v) is 4.77. The van der Waals surface area contributed by atoms with Gasteiger partial charge in [0.05, 0.1) is 18.8 Å². The highest BCUT2D eigenvalue weighted by Crippen LogP contribution is 2.25. The Morgan fingerprint density at radius 1 is 1.35 bits per heavy atom. The largest absolute Gasteiger partial charge is 0.394 e. The van der Waals surface area contributed by atoms with Gasteiger partial charge in [-0.25, -0.2) is 0 Å². The zero-order valence-corrected chi connectivity index (χ0v) is 10.3. The summed E-state index contributed by atoms with van der Waals surface area (Å²) < 4.78 is 5.52. The van der Waals surface area contributed by atoms with Gasteiger partial charge in [0, 0.05) is 6.92 Å². The standard InChI is InChI=1S/C11H21NO5/c1-5(2)11-8(12-6(3)14)10(16)9(15)7(4-13)17-11/h5,7-11,13,15-16H,4H2,1-3H3,(H,12,14)/t7?,8?,9-,10-,11+/m1/s1. The third kappa shape index (κ3) is 3.16. The zero-order chi connectivity index (χ0) is 13.2. The molecule has 0 spiro atoms. The normalized spacial score (nSPS) is 38.2. The molecule has 1 rings (SSSR count). The van der Waals surface area contributed by atoms with Crippen LogP contribution in [0.4, 0.5) is 0 Å². The Morgan fingerprint density at radius 2 is 1.94 bits per heavy atom. The summed E-state index contributed by atoms with van der Waals surface area (Å²) in [6.45, 7) is 4.75. The van der Waals surface area contributed by atoms with Gasteiger partial charge in [0.2, 0.25) is 5.91 Å². The summed E-state index contributed by atoms with van der Waals surface area (Å²) >= 11 is 0. The van der Waals surface area contributed by atoms with Gasteiger partial charge in [-0.15, -0.1) is 0 Å². The predicted octanol–water partition coefficient (Wildman–Crippen LogP) is -1.37. The van der Waals surface area contributed by atoms with Crippen LogP contribution in [0.1, 0.15) is 20.8 Å². The maximum atomic E-state index is 11.1. The van der Waals surface area contributed by atoms with Crippen LogP contribution in [-0.2, 0) is 9.53 Å². The Morgan fingerprint density at radius 3 is 2.35 bits per heavy atom. The monoisotopic (exact) mass is 247 g/mol. The molecule has 0 saturated carbocycles. The number of hydrogen-bond acceptors (Lipinski definition) is 5. The van der Waals surface area contributed by atoms with Crippen LogP contribution in [0, 0.1) is 5.92 Å². The number of amides is 1. The van der Waals surface area contributed by atoms with E-state index in [9.17, 15) is 15.0 Å². The van der Waals surface area contributed by atoms with E-state index in [1.165, 1.54) is 6.92 Å². The summed E-state index contributed by atoms with van der Waals surface area (Å²) in [6, 6.07) is -0.662. The first-order valence-corrected chi connectivity index (χ1v) is 5.78. The van der Waals surface area contributed by atoms with E-state index in [0.29, 0.717) is 0 Å². The first-order valence-electron chi connectivity index (χ1n) is 5.78. The average molecular weight is 247 g/mol. The summed E-state index contributed by atoms with van der Waals surface area (Å²) in [4.78, 5) is 11.1. The van der Waals surface area contributed by atoms with Crippen LogP contribution >= 0.6 is 0 Å². The van der Waals surface area contributed by atoms with Gasteiger partial charge >= 0.3 is 0 Å². The highest BCUT2D eigenvalue weighted by atomic mass is 16.5. The SMILES string of the molecule is CC(=O)NC1[C@H](C(C)C)OC(CO)[C@@H](O)[C@@H]1O. The smallest absolute Gasteiger partial charge is 0.217 e. The van der Waals surface area contributed by atoms with Crippen molar-refractivity contribution in [3.63, 3.8) is 0 Å². The Bertz CT molecular complexity index is 271. The van der Waals surface area contributed by atoms with Crippen molar-refractivity contribution in [3.05, 3.63) is 0 Å². The minimum absolute atomic E-state index is 0.0445. The number of aliphatic hydroxyl groups is 3.